The van der Waals surface area contributed by atoms with Crippen molar-refractivity contribution in [2.24, 2.45) is 5.10 Å². The minimum atomic E-state index is -0.129. The van der Waals surface area contributed by atoms with Gasteiger partial charge in [-0.15, -0.1) is 0 Å². The van der Waals surface area contributed by atoms with E-state index in [-0.39, 0.29) is 5.91 Å². The topological polar surface area (TPSA) is 46.4 Å². The standard InChI is InChI=1S/C20H20BrN3O/c1-3-24-14(2)18(17-6-4-5-7-19(17)24)13-22-23-20(25)12-15-8-10-16(21)11-9-15/h4-11,13H,3,12H2,1-2H3,(H,23,25)/b22-13-. The summed E-state index contributed by atoms with van der Waals surface area (Å²) in [5.41, 5.74) is 6.95. The fourth-order valence-electron chi connectivity index (χ4n) is 3.02. The van der Waals surface area contributed by atoms with Crippen LogP contribution in [0.4, 0.5) is 0 Å². The molecule has 2 aromatic carbocycles. The Hall–Kier alpha value is -2.40. The highest BCUT2D eigenvalue weighted by Crippen LogP contribution is 2.24. The molecule has 0 aliphatic heterocycles. The van der Waals surface area contributed by atoms with Crippen LogP contribution >= 0.6 is 15.9 Å². The van der Waals surface area contributed by atoms with Gasteiger partial charge in [-0.2, -0.15) is 5.10 Å². The number of nitrogens with zero attached hydrogens (tertiary/aromatic N) is 2. The van der Waals surface area contributed by atoms with Gasteiger partial charge in [-0.3, -0.25) is 4.79 Å². The van der Waals surface area contributed by atoms with Crippen LogP contribution in [0.1, 0.15) is 23.7 Å². The predicted molar refractivity (Wildman–Crippen MR) is 106 cm³/mol. The van der Waals surface area contributed by atoms with Gasteiger partial charge in [0, 0.05) is 33.2 Å². The second kappa shape index (κ2) is 7.66. The Labute approximate surface area is 155 Å². The molecule has 0 bridgehead atoms. The molecule has 5 heteroatoms. The number of hydrogen-bond donors (Lipinski definition) is 1. The number of fused-ring (bicyclic) bond motifs is 1. The zero-order valence-corrected chi connectivity index (χ0v) is 15.9. The van der Waals surface area contributed by atoms with Crippen molar-refractivity contribution < 1.29 is 4.79 Å². The van der Waals surface area contributed by atoms with E-state index < -0.39 is 0 Å². The average molecular weight is 398 g/mol. The number of amides is 1. The van der Waals surface area contributed by atoms with Crippen molar-refractivity contribution in [3.8, 4) is 0 Å². The molecule has 0 atom stereocenters. The third-order valence-electron chi connectivity index (χ3n) is 4.26. The van der Waals surface area contributed by atoms with E-state index in [1.54, 1.807) is 6.21 Å². The third kappa shape index (κ3) is 3.82. The Morgan fingerprint density at radius 3 is 2.64 bits per heavy atom. The Bertz CT molecular complexity index is 926. The third-order valence-corrected chi connectivity index (χ3v) is 4.79. The van der Waals surface area contributed by atoms with Gasteiger partial charge in [0.05, 0.1) is 12.6 Å². The summed E-state index contributed by atoms with van der Waals surface area (Å²) >= 11 is 3.39. The second-order valence-corrected chi connectivity index (χ2v) is 6.77. The lowest BCUT2D eigenvalue weighted by molar-refractivity contribution is -0.120. The fraction of sp³-hybridized carbons (Fsp3) is 0.200. The summed E-state index contributed by atoms with van der Waals surface area (Å²) in [6, 6.07) is 15.9. The molecule has 0 unspecified atom stereocenters. The van der Waals surface area contributed by atoms with E-state index in [0.717, 1.165) is 33.2 Å². The minimum absolute atomic E-state index is 0.129. The number of nitrogens with one attached hydrogen (secondary N) is 1. The molecular weight excluding hydrogens is 378 g/mol. The van der Waals surface area contributed by atoms with Crippen molar-refractivity contribution in [1.29, 1.82) is 0 Å². The second-order valence-electron chi connectivity index (χ2n) is 5.86. The number of para-hydroxylation sites is 1. The van der Waals surface area contributed by atoms with Gasteiger partial charge in [0.15, 0.2) is 0 Å². The first-order valence-corrected chi connectivity index (χ1v) is 9.03. The Morgan fingerprint density at radius 2 is 1.92 bits per heavy atom. The maximum atomic E-state index is 12.1. The number of benzene rings is 2. The quantitative estimate of drug-likeness (QED) is 0.502. The number of hydrogen-bond acceptors (Lipinski definition) is 2. The van der Waals surface area contributed by atoms with E-state index in [1.165, 1.54) is 5.52 Å². The molecule has 0 fully saturated rings. The van der Waals surface area contributed by atoms with E-state index in [4.69, 9.17) is 0 Å². The highest BCUT2D eigenvalue weighted by molar-refractivity contribution is 9.10. The van der Waals surface area contributed by atoms with Crippen molar-refractivity contribution in [2.75, 3.05) is 0 Å². The van der Waals surface area contributed by atoms with Gasteiger partial charge < -0.3 is 4.57 Å². The van der Waals surface area contributed by atoms with Gasteiger partial charge in [-0.1, -0.05) is 46.3 Å². The molecule has 3 aromatic rings. The van der Waals surface area contributed by atoms with Crippen LogP contribution in [0.5, 0.6) is 0 Å². The van der Waals surface area contributed by atoms with Crippen LogP contribution in [0.25, 0.3) is 10.9 Å². The monoisotopic (exact) mass is 397 g/mol. The molecule has 1 heterocycles. The average Bonchev–Trinajstić information content (AvgIpc) is 2.88. The summed E-state index contributed by atoms with van der Waals surface area (Å²) in [6.07, 6.45) is 2.05. The van der Waals surface area contributed by atoms with Crippen molar-refractivity contribution in [2.45, 2.75) is 26.8 Å². The summed E-state index contributed by atoms with van der Waals surface area (Å²) in [5.74, 6) is -0.129. The molecule has 1 N–H and O–H groups in total. The molecule has 25 heavy (non-hydrogen) atoms. The van der Waals surface area contributed by atoms with Crippen molar-refractivity contribution in [3.63, 3.8) is 0 Å². The summed E-state index contributed by atoms with van der Waals surface area (Å²) < 4.78 is 3.25. The number of aromatic nitrogens is 1. The molecule has 0 aliphatic carbocycles. The minimum Gasteiger partial charge on any atom is -0.344 e. The van der Waals surface area contributed by atoms with Crippen LogP contribution in [0.15, 0.2) is 58.1 Å². The van der Waals surface area contributed by atoms with Gasteiger partial charge in [0.25, 0.3) is 0 Å². The molecule has 0 aliphatic rings. The Balaban J connectivity index is 1.74. The van der Waals surface area contributed by atoms with Crippen LogP contribution in [0, 0.1) is 6.92 Å². The molecule has 0 radical (unpaired) electrons. The van der Waals surface area contributed by atoms with E-state index in [9.17, 15) is 4.79 Å². The highest BCUT2D eigenvalue weighted by atomic mass is 79.9. The molecule has 0 spiro atoms. The van der Waals surface area contributed by atoms with Crippen LogP contribution in [0.2, 0.25) is 0 Å². The van der Waals surface area contributed by atoms with Gasteiger partial charge >= 0.3 is 0 Å². The summed E-state index contributed by atoms with van der Waals surface area (Å²) in [5, 5.41) is 5.31. The van der Waals surface area contributed by atoms with E-state index in [1.807, 2.05) is 36.4 Å². The molecule has 4 nitrogen and oxygen atoms in total. The van der Waals surface area contributed by atoms with E-state index in [2.05, 4.69) is 57.0 Å². The first kappa shape index (κ1) is 17.4. The number of rotatable bonds is 5. The molecule has 1 aromatic heterocycles. The Kier molecular flexibility index (Phi) is 5.34. The van der Waals surface area contributed by atoms with E-state index in [0.29, 0.717) is 6.42 Å². The van der Waals surface area contributed by atoms with Crippen LogP contribution in [-0.4, -0.2) is 16.7 Å². The van der Waals surface area contributed by atoms with Crippen molar-refractivity contribution in [1.82, 2.24) is 9.99 Å². The van der Waals surface area contributed by atoms with Crippen LogP contribution < -0.4 is 5.43 Å². The number of halogens is 1. The number of aryl methyl sites for hydroxylation is 1. The van der Waals surface area contributed by atoms with Crippen molar-refractivity contribution >= 4 is 39.0 Å². The maximum Gasteiger partial charge on any atom is 0.244 e. The van der Waals surface area contributed by atoms with Crippen LogP contribution in [0.3, 0.4) is 0 Å². The number of carbonyl (C=O) groups is 1. The van der Waals surface area contributed by atoms with Gasteiger partial charge in [0.2, 0.25) is 5.91 Å². The fourth-order valence-corrected chi connectivity index (χ4v) is 3.29. The number of carbonyl (C=O) groups excluding carboxylic acids is 1. The van der Waals surface area contributed by atoms with Gasteiger partial charge in [-0.05, 0) is 37.6 Å². The zero-order chi connectivity index (χ0) is 17.8. The molecule has 1 amide bonds. The summed E-state index contributed by atoms with van der Waals surface area (Å²) in [4.78, 5) is 12.1. The summed E-state index contributed by atoms with van der Waals surface area (Å²) in [6.45, 7) is 5.10. The normalized spacial score (nSPS) is 11.3. The molecule has 3 rings (SSSR count). The van der Waals surface area contributed by atoms with Gasteiger partial charge in [0.1, 0.15) is 0 Å². The maximum absolute atomic E-state index is 12.1. The van der Waals surface area contributed by atoms with Crippen LogP contribution in [-0.2, 0) is 17.8 Å². The van der Waals surface area contributed by atoms with Crippen molar-refractivity contribution in [3.05, 3.63) is 69.8 Å². The van der Waals surface area contributed by atoms with E-state index >= 15 is 0 Å². The number of hydrazone groups is 1. The molecule has 0 saturated heterocycles. The van der Waals surface area contributed by atoms with Gasteiger partial charge in [-0.25, -0.2) is 5.43 Å². The first-order valence-electron chi connectivity index (χ1n) is 8.24. The zero-order valence-electron chi connectivity index (χ0n) is 14.3. The molecule has 128 valence electrons. The molecular formula is C20H20BrN3O. The largest absolute Gasteiger partial charge is 0.344 e. The lowest BCUT2D eigenvalue weighted by Gasteiger charge is -2.03. The Morgan fingerprint density at radius 1 is 1.20 bits per heavy atom. The smallest absolute Gasteiger partial charge is 0.244 e. The summed E-state index contributed by atoms with van der Waals surface area (Å²) in [7, 11) is 0. The lowest BCUT2D eigenvalue weighted by atomic mass is 10.1. The first-order chi connectivity index (χ1) is 12.1. The lowest BCUT2D eigenvalue weighted by Crippen LogP contribution is -2.19. The SMILES string of the molecule is CCn1c(C)c(/C=N\NC(=O)Cc2ccc(Br)cc2)c2ccccc21. The predicted octanol–water partition coefficient (Wildman–Crippen LogP) is 4.42. The highest BCUT2D eigenvalue weighted by Gasteiger charge is 2.11. The molecule has 0 saturated carbocycles.